The van der Waals surface area contributed by atoms with Gasteiger partial charge >= 0.3 is 0 Å². The first-order chi connectivity index (χ1) is 17.2. The molecule has 4 aromatic rings. The average Bonchev–Trinajstić information content (AvgIpc) is 3.46. The number of hydrogen-bond donors (Lipinski definition) is 2. The second-order valence-corrected chi connectivity index (χ2v) is 8.91. The van der Waals surface area contributed by atoms with Crippen LogP contribution >= 0.6 is 0 Å². The van der Waals surface area contributed by atoms with Crippen LogP contribution in [0.5, 0.6) is 11.5 Å². The maximum Gasteiger partial charge on any atom is 0.299 e. The summed E-state index contributed by atoms with van der Waals surface area (Å²) >= 11 is 0. The topological polar surface area (TPSA) is 178 Å². The van der Waals surface area contributed by atoms with Crippen molar-refractivity contribution in [1.29, 1.82) is 0 Å². The SMILES string of the molecule is O=c1c(N=Nc2ccc(S(=O)(=O)O)cc2)c(-c2ccc([N+](=O)[O-])cc2)[nH]n1-c1ccc2c(c1)OCO2. The smallest absolute Gasteiger partial charge is 0.299 e. The highest BCUT2D eigenvalue weighted by Crippen LogP contribution is 2.35. The zero-order chi connectivity index (χ0) is 25.4. The third-order valence-electron chi connectivity index (χ3n) is 5.25. The van der Waals surface area contributed by atoms with Crippen molar-refractivity contribution in [3.63, 3.8) is 0 Å². The maximum atomic E-state index is 13.3. The molecular weight excluding hydrogens is 494 g/mol. The number of aromatic amines is 1. The van der Waals surface area contributed by atoms with Crippen LogP contribution in [0.4, 0.5) is 17.1 Å². The number of nitro benzene ring substituents is 1. The second-order valence-electron chi connectivity index (χ2n) is 7.49. The van der Waals surface area contributed by atoms with E-state index in [4.69, 9.17) is 14.0 Å². The number of azo groups is 1. The van der Waals surface area contributed by atoms with Crippen molar-refractivity contribution in [3.05, 3.63) is 87.2 Å². The van der Waals surface area contributed by atoms with Gasteiger partial charge in [-0.15, -0.1) is 5.11 Å². The number of H-pyrrole nitrogens is 1. The molecule has 1 aliphatic heterocycles. The van der Waals surface area contributed by atoms with Crippen LogP contribution in [0.2, 0.25) is 0 Å². The van der Waals surface area contributed by atoms with Crippen LogP contribution in [0, 0.1) is 10.1 Å². The molecule has 2 heterocycles. The van der Waals surface area contributed by atoms with Crippen molar-refractivity contribution in [2.75, 3.05) is 6.79 Å². The molecule has 0 amide bonds. The van der Waals surface area contributed by atoms with Gasteiger partial charge in [0.25, 0.3) is 21.4 Å². The highest BCUT2D eigenvalue weighted by atomic mass is 32.2. The van der Waals surface area contributed by atoms with E-state index in [-0.39, 0.29) is 34.4 Å². The molecule has 0 radical (unpaired) electrons. The van der Waals surface area contributed by atoms with Crippen LogP contribution in [-0.2, 0) is 10.1 Å². The van der Waals surface area contributed by atoms with E-state index in [1.807, 2.05) is 0 Å². The Balaban J connectivity index is 1.60. The second kappa shape index (κ2) is 8.75. The predicted molar refractivity (Wildman–Crippen MR) is 125 cm³/mol. The number of aromatic nitrogens is 2. The summed E-state index contributed by atoms with van der Waals surface area (Å²) in [4.78, 5) is 23.5. The van der Waals surface area contributed by atoms with E-state index in [0.29, 0.717) is 22.7 Å². The molecule has 0 spiro atoms. The molecule has 14 heteroatoms. The molecule has 0 aliphatic carbocycles. The number of fused-ring (bicyclic) bond motifs is 1. The minimum atomic E-state index is -4.38. The van der Waals surface area contributed by atoms with E-state index in [9.17, 15) is 23.3 Å². The quantitative estimate of drug-likeness (QED) is 0.168. The number of hydrogen-bond acceptors (Lipinski definition) is 9. The molecule has 182 valence electrons. The molecule has 0 unspecified atom stereocenters. The largest absolute Gasteiger partial charge is 0.454 e. The van der Waals surface area contributed by atoms with Crippen LogP contribution in [0.15, 0.2) is 86.6 Å². The van der Waals surface area contributed by atoms with Crippen molar-refractivity contribution in [2.24, 2.45) is 10.2 Å². The van der Waals surface area contributed by atoms with Crippen LogP contribution in [-0.4, -0.2) is 34.5 Å². The molecule has 2 N–H and O–H groups in total. The van der Waals surface area contributed by atoms with Gasteiger partial charge in [0.15, 0.2) is 17.2 Å². The zero-order valence-corrected chi connectivity index (χ0v) is 18.9. The molecule has 5 rings (SSSR count). The lowest BCUT2D eigenvalue weighted by Gasteiger charge is -2.03. The first-order valence-corrected chi connectivity index (χ1v) is 11.6. The van der Waals surface area contributed by atoms with Gasteiger partial charge in [0.2, 0.25) is 6.79 Å². The fourth-order valence-corrected chi connectivity index (χ4v) is 3.95. The Morgan fingerprint density at radius 2 is 1.67 bits per heavy atom. The fraction of sp³-hybridized carbons (Fsp3) is 0.0455. The van der Waals surface area contributed by atoms with E-state index in [1.165, 1.54) is 41.1 Å². The Kier molecular flexibility index (Phi) is 5.58. The molecule has 0 saturated heterocycles. The molecule has 0 bridgehead atoms. The van der Waals surface area contributed by atoms with Gasteiger partial charge in [-0.2, -0.15) is 13.5 Å². The summed E-state index contributed by atoms with van der Waals surface area (Å²) in [7, 11) is -4.38. The molecule has 0 atom stereocenters. The van der Waals surface area contributed by atoms with Gasteiger partial charge in [0, 0.05) is 23.8 Å². The summed E-state index contributed by atoms with van der Waals surface area (Å²) in [6.45, 7) is 0.0578. The molecule has 0 fully saturated rings. The molecule has 3 aromatic carbocycles. The van der Waals surface area contributed by atoms with Crippen LogP contribution in [0.1, 0.15) is 0 Å². The first kappa shape index (κ1) is 22.9. The van der Waals surface area contributed by atoms with Gasteiger partial charge in [-0.1, -0.05) is 0 Å². The van der Waals surface area contributed by atoms with Gasteiger partial charge in [0.05, 0.1) is 26.9 Å². The van der Waals surface area contributed by atoms with E-state index in [0.717, 1.165) is 12.1 Å². The van der Waals surface area contributed by atoms with E-state index >= 15 is 0 Å². The standard InChI is InChI=1S/C22H15N5O8S/c28-22-21(24-23-14-3-8-17(9-4-14)36(31,32)33)20(13-1-5-15(6-2-13)27(29)30)25-26(22)16-7-10-18-19(11-16)35-12-34-18/h1-11,25H,12H2,(H,31,32,33). The van der Waals surface area contributed by atoms with E-state index in [2.05, 4.69) is 15.3 Å². The van der Waals surface area contributed by atoms with Crippen LogP contribution in [0.25, 0.3) is 16.9 Å². The third kappa shape index (κ3) is 4.33. The Morgan fingerprint density at radius 3 is 2.33 bits per heavy atom. The Labute approximate surface area is 202 Å². The Bertz CT molecular complexity index is 1670. The Morgan fingerprint density at radius 1 is 0.972 bits per heavy atom. The van der Waals surface area contributed by atoms with Gasteiger partial charge in [-0.25, -0.2) is 4.68 Å². The highest BCUT2D eigenvalue weighted by molar-refractivity contribution is 7.85. The summed E-state index contributed by atoms with van der Waals surface area (Å²) in [5.41, 5.74) is 0.525. The van der Waals surface area contributed by atoms with Crippen molar-refractivity contribution in [2.45, 2.75) is 4.90 Å². The molecule has 1 aliphatic rings. The summed E-state index contributed by atoms with van der Waals surface area (Å²) < 4.78 is 43.5. The molecule has 1 aromatic heterocycles. The number of nitrogens with one attached hydrogen (secondary N) is 1. The maximum absolute atomic E-state index is 13.3. The number of benzene rings is 3. The molecular formula is C22H15N5O8S. The summed E-state index contributed by atoms with van der Waals surface area (Å²) in [6.07, 6.45) is 0. The molecule has 36 heavy (non-hydrogen) atoms. The minimum absolute atomic E-state index is 0.0578. The summed E-state index contributed by atoms with van der Waals surface area (Å²) in [5.74, 6) is 0.982. The van der Waals surface area contributed by atoms with Crippen molar-refractivity contribution < 1.29 is 27.4 Å². The number of non-ortho nitro benzene ring substituents is 1. The predicted octanol–water partition coefficient (Wildman–Crippen LogP) is 4.13. The lowest BCUT2D eigenvalue weighted by molar-refractivity contribution is -0.384. The van der Waals surface area contributed by atoms with Crippen LogP contribution < -0.4 is 15.0 Å². The van der Waals surface area contributed by atoms with Gasteiger partial charge in [-0.05, 0) is 48.5 Å². The van der Waals surface area contributed by atoms with Gasteiger partial charge in [0.1, 0.15) is 0 Å². The summed E-state index contributed by atoms with van der Waals surface area (Å²) in [5, 5.41) is 22.1. The number of ether oxygens (including phenoxy) is 2. The highest BCUT2D eigenvalue weighted by Gasteiger charge is 2.20. The number of rotatable bonds is 6. The molecule has 13 nitrogen and oxygen atoms in total. The third-order valence-corrected chi connectivity index (χ3v) is 6.12. The average molecular weight is 509 g/mol. The number of nitrogens with zero attached hydrogens (tertiary/aromatic N) is 4. The fourth-order valence-electron chi connectivity index (χ4n) is 3.47. The van der Waals surface area contributed by atoms with Crippen molar-refractivity contribution in [1.82, 2.24) is 9.78 Å². The van der Waals surface area contributed by atoms with Crippen LogP contribution in [0.3, 0.4) is 0 Å². The zero-order valence-electron chi connectivity index (χ0n) is 18.1. The van der Waals surface area contributed by atoms with E-state index in [1.54, 1.807) is 18.2 Å². The molecule has 0 saturated carbocycles. The lowest BCUT2D eigenvalue weighted by atomic mass is 10.1. The van der Waals surface area contributed by atoms with E-state index < -0.39 is 20.6 Å². The first-order valence-electron chi connectivity index (χ1n) is 10.2. The minimum Gasteiger partial charge on any atom is -0.454 e. The van der Waals surface area contributed by atoms with Gasteiger partial charge in [-0.3, -0.25) is 24.6 Å². The van der Waals surface area contributed by atoms with Crippen molar-refractivity contribution in [3.8, 4) is 28.4 Å². The monoisotopic (exact) mass is 509 g/mol. The normalized spacial score (nSPS) is 12.8. The van der Waals surface area contributed by atoms with Gasteiger partial charge < -0.3 is 9.47 Å². The lowest BCUT2D eigenvalue weighted by Crippen LogP contribution is -2.13. The summed E-state index contributed by atoms with van der Waals surface area (Å²) in [6, 6.07) is 15.3. The number of nitro groups is 1. The van der Waals surface area contributed by atoms with Crippen molar-refractivity contribution >= 4 is 27.2 Å². The Hall–Kier alpha value is -4.82.